The van der Waals surface area contributed by atoms with E-state index in [0.717, 1.165) is 5.56 Å². The van der Waals surface area contributed by atoms with Gasteiger partial charge in [0.25, 0.3) is 0 Å². The average Bonchev–Trinajstić information content (AvgIpc) is 2.39. The van der Waals surface area contributed by atoms with Crippen molar-refractivity contribution in [3.05, 3.63) is 35.6 Å². The van der Waals surface area contributed by atoms with Crippen molar-refractivity contribution >= 4 is 10.0 Å². The summed E-state index contributed by atoms with van der Waals surface area (Å²) in [5, 5.41) is 0. The first-order chi connectivity index (χ1) is 9.36. The topological polar surface area (TPSA) is 66.6 Å². The highest BCUT2D eigenvalue weighted by Gasteiger charge is 2.24. The molecule has 5 nitrogen and oxygen atoms in total. The molecule has 1 aromatic carbocycles. The van der Waals surface area contributed by atoms with Crippen molar-refractivity contribution in [2.24, 2.45) is 5.73 Å². The van der Waals surface area contributed by atoms with Gasteiger partial charge in [0.2, 0.25) is 10.0 Å². The number of halogens is 1. The Balaban J connectivity index is 1.88. The highest BCUT2D eigenvalue weighted by atomic mass is 32.2. The minimum atomic E-state index is -3.10. The van der Waals surface area contributed by atoms with Crippen molar-refractivity contribution in [1.82, 2.24) is 9.21 Å². The van der Waals surface area contributed by atoms with Gasteiger partial charge in [0.1, 0.15) is 5.82 Å². The smallest absolute Gasteiger partial charge is 0.211 e. The molecule has 0 radical (unpaired) electrons. The van der Waals surface area contributed by atoms with Crippen molar-refractivity contribution in [2.45, 2.75) is 6.04 Å². The van der Waals surface area contributed by atoms with Gasteiger partial charge >= 0.3 is 0 Å². The highest BCUT2D eigenvalue weighted by molar-refractivity contribution is 7.88. The third-order valence-corrected chi connectivity index (χ3v) is 4.86. The van der Waals surface area contributed by atoms with Crippen LogP contribution in [-0.4, -0.2) is 56.6 Å². The van der Waals surface area contributed by atoms with E-state index >= 15 is 0 Å². The van der Waals surface area contributed by atoms with Crippen LogP contribution in [0.15, 0.2) is 24.3 Å². The van der Waals surface area contributed by atoms with Crippen molar-refractivity contribution in [3.63, 3.8) is 0 Å². The molecule has 112 valence electrons. The fraction of sp³-hybridized carbons (Fsp3) is 0.538. The molecule has 2 rings (SSSR count). The maximum Gasteiger partial charge on any atom is 0.211 e. The Bertz CT molecular complexity index is 539. The molecular weight excluding hydrogens is 281 g/mol. The monoisotopic (exact) mass is 301 g/mol. The van der Waals surface area contributed by atoms with E-state index in [1.54, 1.807) is 12.1 Å². The van der Waals surface area contributed by atoms with Crippen LogP contribution in [0.3, 0.4) is 0 Å². The molecule has 1 aliphatic rings. The number of rotatable bonds is 4. The van der Waals surface area contributed by atoms with Gasteiger partial charge in [0, 0.05) is 38.8 Å². The van der Waals surface area contributed by atoms with Crippen LogP contribution in [0, 0.1) is 5.82 Å². The summed E-state index contributed by atoms with van der Waals surface area (Å²) in [7, 11) is -3.10. The fourth-order valence-electron chi connectivity index (χ4n) is 2.34. The molecule has 7 heteroatoms. The molecule has 1 aromatic rings. The lowest BCUT2D eigenvalue weighted by Crippen LogP contribution is -2.49. The molecule has 1 atom stereocenters. The Labute approximate surface area is 119 Å². The van der Waals surface area contributed by atoms with Crippen molar-refractivity contribution < 1.29 is 12.8 Å². The van der Waals surface area contributed by atoms with E-state index in [1.165, 1.54) is 22.7 Å². The SMILES string of the molecule is CS(=O)(=O)N1CCN(CC(N)c2ccc(F)cc2)CC1. The summed E-state index contributed by atoms with van der Waals surface area (Å²) in [6, 6.07) is 5.98. The Morgan fingerprint density at radius 3 is 2.25 bits per heavy atom. The minimum Gasteiger partial charge on any atom is -0.323 e. The maximum atomic E-state index is 12.8. The van der Waals surface area contributed by atoms with Gasteiger partial charge in [-0.2, -0.15) is 4.31 Å². The number of sulfonamides is 1. The van der Waals surface area contributed by atoms with Crippen LogP contribution in [0.25, 0.3) is 0 Å². The van der Waals surface area contributed by atoms with Crippen molar-refractivity contribution in [2.75, 3.05) is 39.0 Å². The Hall–Kier alpha value is -1.02. The van der Waals surface area contributed by atoms with Crippen LogP contribution >= 0.6 is 0 Å². The molecule has 0 saturated carbocycles. The molecule has 0 aliphatic carbocycles. The molecule has 0 amide bonds. The first-order valence-corrected chi connectivity index (χ1v) is 8.39. The van der Waals surface area contributed by atoms with Crippen LogP contribution in [0.5, 0.6) is 0 Å². The molecule has 0 spiro atoms. The molecule has 1 heterocycles. The average molecular weight is 301 g/mol. The summed E-state index contributed by atoms with van der Waals surface area (Å²) >= 11 is 0. The zero-order valence-corrected chi connectivity index (χ0v) is 12.3. The van der Waals surface area contributed by atoms with Crippen LogP contribution < -0.4 is 5.73 Å². The number of hydrogen-bond donors (Lipinski definition) is 1. The molecule has 1 fully saturated rings. The molecule has 1 aliphatic heterocycles. The zero-order valence-electron chi connectivity index (χ0n) is 11.5. The third kappa shape index (κ3) is 3.99. The number of hydrogen-bond acceptors (Lipinski definition) is 4. The Kier molecular flexibility index (Phi) is 4.74. The summed E-state index contributed by atoms with van der Waals surface area (Å²) in [6.07, 6.45) is 1.23. The third-order valence-electron chi connectivity index (χ3n) is 3.55. The van der Waals surface area contributed by atoms with Gasteiger partial charge in [-0.15, -0.1) is 0 Å². The minimum absolute atomic E-state index is 0.194. The highest BCUT2D eigenvalue weighted by Crippen LogP contribution is 2.14. The quantitative estimate of drug-likeness (QED) is 0.874. The molecule has 1 saturated heterocycles. The fourth-order valence-corrected chi connectivity index (χ4v) is 3.16. The number of nitrogens with two attached hydrogens (primary N) is 1. The van der Waals surface area contributed by atoms with Gasteiger partial charge in [-0.05, 0) is 17.7 Å². The molecule has 0 aromatic heterocycles. The number of piperazine rings is 1. The van der Waals surface area contributed by atoms with Crippen LogP contribution in [0.4, 0.5) is 4.39 Å². The first kappa shape index (κ1) is 15.4. The van der Waals surface area contributed by atoms with Crippen molar-refractivity contribution in [3.8, 4) is 0 Å². The van der Waals surface area contributed by atoms with E-state index in [-0.39, 0.29) is 11.9 Å². The van der Waals surface area contributed by atoms with E-state index in [1.807, 2.05) is 0 Å². The number of benzene rings is 1. The van der Waals surface area contributed by atoms with Gasteiger partial charge in [-0.3, -0.25) is 4.90 Å². The van der Waals surface area contributed by atoms with E-state index < -0.39 is 10.0 Å². The summed E-state index contributed by atoms with van der Waals surface area (Å²) < 4.78 is 37.2. The summed E-state index contributed by atoms with van der Waals surface area (Å²) in [5.74, 6) is -0.275. The summed E-state index contributed by atoms with van der Waals surface area (Å²) in [5.41, 5.74) is 6.99. The second kappa shape index (κ2) is 6.17. The van der Waals surface area contributed by atoms with E-state index in [9.17, 15) is 12.8 Å². The molecule has 0 bridgehead atoms. The zero-order chi connectivity index (χ0) is 14.8. The standard InChI is InChI=1S/C13H20FN3O2S/c1-20(18,19)17-8-6-16(7-9-17)10-13(15)11-2-4-12(14)5-3-11/h2-5,13H,6-10,15H2,1H3. The van der Waals surface area contributed by atoms with E-state index in [4.69, 9.17) is 5.73 Å². The lowest BCUT2D eigenvalue weighted by atomic mass is 10.1. The second-order valence-electron chi connectivity index (χ2n) is 5.12. The molecular formula is C13H20FN3O2S. The van der Waals surface area contributed by atoms with E-state index in [0.29, 0.717) is 32.7 Å². The van der Waals surface area contributed by atoms with Gasteiger partial charge < -0.3 is 5.73 Å². The predicted octanol–water partition coefficient (Wildman–Crippen LogP) is 0.403. The lowest BCUT2D eigenvalue weighted by Gasteiger charge is -2.34. The number of nitrogens with zero attached hydrogens (tertiary/aromatic N) is 2. The second-order valence-corrected chi connectivity index (χ2v) is 7.10. The molecule has 1 unspecified atom stereocenters. The van der Waals surface area contributed by atoms with E-state index in [2.05, 4.69) is 4.90 Å². The Morgan fingerprint density at radius 2 is 1.75 bits per heavy atom. The largest absolute Gasteiger partial charge is 0.323 e. The Morgan fingerprint density at radius 1 is 1.20 bits per heavy atom. The molecule has 2 N–H and O–H groups in total. The normalized spacial score (nSPS) is 19.9. The van der Waals surface area contributed by atoms with Gasteiger partial charge in [-0.25, -0.2) is 12.8 Å². The lowest BCUT2D eigenvalue weighted by molar-refractivity contribution is 0.180. The maximum absolute atomic E-state index is 12.8. The van der Waals surface area contributed by atoms with Crippen LogP contribution in [-0.2, 0) is 10.0 Å². The van der Waals surface area contributed by atoms with Gasteiger partial charge in [0.05, 0.1) is 6.26 Å². The summed E-state index contributed by atoms with van der Waals surface area (Å²) in [6.45, 7) is 2.97. The molecule has 20 heavy (non-hydrogen) atoms. The predicted molar refractivity (Wildman–Crippen MR) is 76.2 cm³/mol. The van der Waals surface area contributed by atoms with Crippen LogP contribution in [0.1, 0.15) is 11.6 Å². The van der Waals surface area contributed by atoms with Crippen molar-refractivity contribution in [1.29, 1.82) is 0 Å². The van der Waals surface area contributed by atoms with Gasteiger partial charge in [-0.1, -0.05) is 12.1 Å². The van der Waals surface area contributed by atoms with Crippen LogP contribution in [0.2, 0.25) is 0 Å². The summed E-state index contributed by atoms with van der Waals surface area (Å²) in [4.78, 5) is 2.13. The van der Waals surface area contributed by atoms with Gasteiger partial charge in [0.15, 0.2) is 0 Å². The first-order valence-electron chi connectivity index (χ1n) is 6.55.